The van der Waals surface area contributed by atoms with Crippen LogP contribution in [0.3, 0.4) is 0 Å². The summed E-state index contributed by atoms with van der Waals surface area (Å²) in [4.78, 5) is 2.61. The Kier molecular flexibility index (Phi) is 1.69. The minimum Gasteiger partial charge on any atom is -0.506 e. The number of benzene rings is 1. The lowest BCUT2D eigenvalue weighted by molar-refractivity contribution is 0.153. The van der Waals surface area contributed by atoms with Crippen molar-refractivity contribution in [1.29, 1.82) is 0 Å². The molecule has 0 radical (unpaired) electrons. The Hall–Kier alpha value is -1.58. The van der Waals surface area contributed by atoms with Crippen LogP contribution in [0.25, 0.3) is 10.9 Å². The molecule has 0 atom stereocenters. The van der Waals surface area contributed by atoms with Crippen LogP contribution in [-0.4, -0.2) is 10.1 Å². The Bertz CT molecular complexity index is 436. The fraction of sp³-hybridized carbons (Fsp3) is 0.111. The molecule has 0 saturated carbocycles. The van der Waals surface area contributed by atoms with Crippen LogP contribution in [0.1, 0.15) is 12.0 Å². The first-order chi connectivity index (χ1) is 6.20. The van der Waals surface area contributed by atoms with E-state index in [1.54, 1.807) is 6.07 Å². The number of halogens is 2. The van der Waals surface area contributed by atoms with Crippen LogP contribution in [0.2, 0.25) is 0 Å². The predicted octanol–water partition coefficient (Wildman–Crippen LogP) is 2.81. The van der Waals surface area contributed by atoms with Gasteiger partial charge < -0.3 is 10.1 Å². The molecule has 0 bridgehead atoms. The molecule has 0 saturated heterocycles. The Balaban J connectivity index is 2.75. The second-order valence-corrected chi connectivity index (χ2v) is 2.74. The standard InChI is InChI=1S/C9H7F2NO/c10-9(11)6-4-12-8-5(6)2-1-3-7(8)13/h1-4,9,12-13H. The van der Waals surface area contributed by atoms with Crippen molar-refractivity contribution in [3.05, 3.63) is 30.0 Å². The van der Waals surface area contributed by atoms with Gasteiger partial charge in [0.05, 0.1) is 5.52 Å². The molecule has 0 aliphatic heterocycles. The van der Waals surface area contributed by atoms with E-state index in [4.69, 9.17) is 0 Å². The molecule has 0 amide bonds. The van der Waals surface area contributed by atoms with E-state index in [1.807, 2.05) is 0 Å². The highest BCUT2D eigenvalue weighted by molar-refractivity contribution is 5.88. The lowest BCUT2D eigenvalue weighted by Crippen LogP contribution is -1.79. The summed E-state index contributed by atoms with van der Waals surface area (Å²) >= 11 is 0. The second kappa shape index (κ2) is 2.73. The smallest absolute Gasteiger partial charge is 0.265 e. The normalized spacial score (nSPS) is 11.3. The van der Waals surface area contributed by atoms with Crippen LogP contribution in [0.15, 0.2) is 24.4 Å². The number of phenols is 1. The van der Waals surface area contributed by atoms with Crippen LogP contribution < -0.4 is 0 Å². The number of fused-ring (bicyclic) bond motifs is 1. The van der Waals surface area contributed by atoms with Crippen molar-refractivity contribution in [1.82, 2.24) is 4.98 Å². The zero-order valence-electron chi connectivity index (χ0n) is 6.59. The molecule has 2 N–H and O–H groups in total. The van der Waals surface area contributed by atoms with Gasteiger partial charge in [-0.3, -0.25) is 0 Å². The number of rotatable bonds is 1. The minimum atomic E-state index is -2.52. The Labute approximate surface area is 72.8 Å². The number of hydrogen-bond donors (Lipinski definition) is 2. The van der Waals surface area contributed by atoms with Gasteiger partial charge in [0, 0.05) is 17.1 Å². The molecule has 2 nitrogen and oxygen atoms in total. The summed E-state index contributed by atoms with van der Waals surface area (Å²) in [5.74, 6) is -0.00981. The van der Waals surface area contributed by atoms with Gasteiger partial charge >= 0.3 is 0 Å². The zero-order chi connectivity index (χ0) is 9.42. The van der Waals surface area contributed by atoms with Gasteiger partial charge in [0.15, 0.2) is 0 Å². The van der Waals surface area contributed by atoms with Crippen LogP contribution in [0, 0.1) is 0 Å². The third-order valence-electron chi connectivity index (χ3n) is 1.96. The molecule has 2 rings (SSSR count). The number of H-pyrrole nitrogens is 1. The first-order valence-corrected chi connectivity index (χ1v) is 3.77. The maximum atomic E-state index is 12.4. The quantitative estimate of drug-likeness (QED) is 0.700. The fourth-order valence-electron chi connectivity index (χ4n) is 1.34. The first-order valence-electron chi connectivity index (χ1n) is 3.77. The third-order valence-corrected chi connectivity index (χ3v) is 1.96. The number of aromatic nitrogens is 1. The topological polar surface area (TPSA) is 36.0 Å². The maximum Gasteiger partial charge on any atom is 0.265 e. The van der Waals surface area contributed by atoms with Gasteiger partial charge in [-0.1, -0.05) is 12.1 Å². The highest BCUT2D eigenvalue weighted by Gasteiger charge is 2.14. The summed E-state index contributed by atoms with van der Waals surface area (Å²) in [5, 5.41) is 9.66. The van der Waals surface area contributed by atoms with E-state index in [2.05, 4.69) is 4.98 Å². The third kappa shape index (κ3) is 1.14. The summed E-state index contributed by atoms with van der Waals surface area (Å²) < 4.78 is 24.7. The Morgan fingerprint density at radius 2 is 2.08 bits per heavy atom. The molecular formula is C9H7F2NO. The number of aromatic amines is 1. The largest absolute Gasteiger partial charge is 0.506 e. The molecule has 4 heteroatoms. The Morgan fingerprint density at radius 1 is 1.31 bits per heavy atom. The molecule has 68 valence electrons. The van der Waals surface area contributed by atoms with Crippen molar-refractivity contribution in [2.75, 3.05) is 0 Å². The number of aromatic hydroxyl groups is 1. The molecule has 1 aromatic heterocycles. The van der Waals surface area contributed by atoms with Gasteiger partial charge in [-0.05, 0) is 6.07 Å². The number of alkyl halides is 2. The van der Waals surface area contributed by atoms with E-state index in [-0.39, 0.29) is 11.3 Å². The molecule has 13 heavy (non-hydrogen) atoms. The summed E-state index contributed by atoms with van der Waals surface area (Å²) in [6.07, 6.45) is -1.30. The number of nitrogens with one attached hydrogen (secondary N) is 1. The SMILES string of the molecule is Oc1cccc2c(C(F)F)c[nH]c12. The monoisotopic (exact) mass is 183 g/mol. The van der Waals surface area contributed by atoms with Gasteiger partial charge in [-0.25, -0.2) is 8.78 Å². The molecular weight excluding hydrogens is 176 g/mol. The van der Waals surface area contributed by atoms with Crippen molar-refractivity contribution < 1.29 is 13.9 Å². The molecule has 2 aromatic rings. The average molecular weight is 183 g/mol. The summed E-state index contributed by atoms with van der Waals surface area (Å²) in [5.41, 5.74) is 0.281. The van der Waals surface area contributed by atoms with E-state index in [1.165, 1.54) is 18.3 Å². The number of hydrogen-bond acceptors (Lipinski definition) is 1. The highest BCUT2D eigenvalue weighted by atomic mass is 19.3. The van der Waals surface area contributed by atoms with Crippen molar-refractivity contribution in [2.45, 2.75) is 6.43 Å². The van der Waals surface area contributed by atoms with Crippen LogP contribution in [0.4, 0.5) is 8.78 Å². The van der Waals surface area contributed by atoms with Crippen molar-refractivity contribution in [2.24, 2.45) is 0 Å². The lowest BCUT2D eigenvalue weighted by atomic mass is 10.2. The van der Waals surface area contributed by atoms with E-state index >= 15 is 0 Å². The van der Waals surface area contributed by atoms with Crippen LogP contribution in [-0.2, 0) is 0 Å². The fourth-order valence-corrected chi connectivity index (χ4v) is 1.34. The van der Waals surface area contributed by atoms with Gasteiger partial charge in [0.25, 0.3) is 6.43 Å². The number of phenolic OH excluding ortho intramolecular Hbond substituents is 1. The van der Waals surface area contributed by atoms with Crippen molar-refractivity contribution in [3.63, 3.8) is 0 Å². The van der Waals surface area contributed by atoms with Gasteiger partial charge in [-0.15, -0.1) is 0 Å². The Morgan fingerprint density at radius 3 is 2.77 bits per heavy atom. The maximum absolute atomic E-state index is 12.4. The molecule has 0 spiro atoms. The van der Waals surface area contributed by atoms with Crippen molar-refractivity contribution in [3.8, 4) is 5.75 Å². The molecule has 1 heterocycles. The van der Waals surface area contributed by atoms with Gasteiger partial charge in [-0.2, -0.15) is 0 Å². The molecule has 0 aliphatic carbocycles. The van der Waals surface area contributed by atoms with Crippen LogP contribution >= 0.6 is 0 Å². The van der Waals surface area contributed by atoms with E-state index in [0.717, 1.165) is 0 Å². The zero-order valence-corrected chi connectivity index (χ0v) is 6.59. The minimum absolute atomic E-state index is 0.00981. The summed E-state index contributed by atoms with van der Waals surface area (Å²) in [7, 11) is 0. The molecule has 0 aliphatic rings. The van der Waals surface area contributed by atoms with Crippen molar-refractivity contribution >= 4 is 10.9 Å². The van der Waals surface area contributed by atoms with E-state index in [9.17, 15) is 13.9 Å². The molecule has 0 fully saturated rings. The summed E-state index contributed by atoms with van der Waals surface area (Å²) in [6.45, 7) is 0. The molecule has 0 unspecified atom stereocenters. The average Bonchev–Trinajstić information content (AvgIpc) is 2.48. The number of para-hydroxylation sites is 1. The summed E-state index contributed by atoms with van der Waals surface area (Å²) in [6, 6.07) is 4.54. The lowest BCUT2D eigenvalue weighted by Gasteiger charge is -1.96. The predicted molar refractivity (Wildman–Crippen MR) is 44.9 cm³/mol. The second-order valence-electron chi connectivity index (χ2n) is 2.74. The molecule has 1 aromatic carbocycles. The highest BCUT2D eigenvalue weighted by Crippen LogP contribution is 2.31. The van der Waals surface area contributed by atoms with E-state index in [0.29, 0.717) is 10.9 Å². The first kappa shape index (κ1) is 8.04. The van der Waals surface area contributed by atoms with E-state index < -0.39 is 6.43 Å². The van der Waals surface area contributed by atoms with Gasteiger partial charge in [0.1, 0.15) is 5.75 Å². The van der Waals surface area contributed by atoms with Gasteiger partial charge in [0.2, 0.25) is 0 Å². The van der Waals surface area contributed by atoms with Crippen LogP contribution in [0.5, 0.6) is 5.75 Å².